The van der Waals surface area contributed by atoms with Gasteiger partial charge in [-0.05, 0) is 36.8 Å². The highest BCUT2D eigenvalue weighted by Gasteiger charge is 2.31. The largest absolute Gasteiger partial charge is 0.335 e. The molecule has 0 saturated carbocycles. The van der Waals surface area contributed by atoms with E-state index >= 15 is 0 Å². The van der Waals surface area contributed by atoms with Gasteiger partial charge in [0.25, 0.3) is 0 Å². The van der Waals surface area contributed by atoms with E-state index in [2.05, 4.69) is 5.32 Å². The summed E-state index contributed by atoms with van der Waals surface area (Å²) in [6.45, 7) is 5.21. The summed E-state index contributed by atoms with van der Waals surface area (Å²) in [6.07, 6.45) is 0. The van der Waals surface area contributed by atoms with Crippen molar-refractivity contribution in [2.45, 2.75) is 31.0 Å². The Balaban J connectivity index is 2.49. The maximum absolute atomic E-state index is 13.2. The van der Waals surface area contributed by atoms with Crippen molar-refractivity contribution < 1.29 is 17.6 Å². The Morgan fingerprint density at radius 1 is 1.00 bits per heavy atom. The van der Waals surface area contributed by atoms with E-state index < -0.39 is 21.0 Å². The fourth-order valence-corrected chi connectivity index (χ4v) is 3.71. The topological polar surface area (TPSA) is 63.2 Å². The van der Waals surface area contributed by atoms with Crippen LogP contribution in [0.4, 0.5) is 4.39 Å². The molecule has 0 aliphatic rings. The first kappa shape index (κ1) is 18.1. The highest BCUT2D eigenvalue weighted by atomic mass is 32.2. The van der Waals surface area contributed by atoms with Crippen LogP contribution in [-0.4, -0.2) is 14.3 Å². The van der Waals surface area contributed by atoms with Crippen LogP contribution >= 0.6 is 0 Å². The third-order valence-corrected chi connectivity index (χ3v) is 5.57. The fourth-order valence-electron chi connectivity index (χ4n) is 2.14. The minimum atomic E-state index is -3.87. The molecule has 0 aliphatic carbocycles. The van der Waals surface area contributed by atoms with Crippen molar-refractivity contribution in [3.63, 3.8) is 0 Å². The van der Waals surface area contributed by atoms with Gasteiger partial charge in [-0.2, -0.15) is 0 Å². The molecule has 2 rings (SSSR count). The summed E-state index contributed by atoms with van der Waals surface area (Å²) < 4.78 is 39.1. The van der Waals surface area contributed by atoms with Crippen molar-refractivity contribution in [2.24, 2.45) is 5.92 Å². The van der Waals surface area contributed by atoms with Crippen LogP contribution in [0, 0.1) is 18.7 Å². The number of benzene rings is 2. The summed E-state index contributed by atoms with van der Waals surface area (Å²) in [5, 5.41) is 1.29. The first-order chi connectivity index (χ1) is 11.2. The molecule has 0 radical (unpaired) electrons. The van der Waals surface area contributed by atoms with E-state index in [9.17, 15) is 17.6 Å². The Morgan fingerprint density at radius 3 is 2.04 bits per heavy atom. The average molecular weight is 349 g/mol. The van der Waals surface area contributed by atoms with Crippen LogP contribution in [0.15, 0.2) is 53.4 Å². The summed E-state index contributed by atoms with van der Waals surface area (Å²) >= 11 is 0. The number of halogens is 1. The van der Waals surface area contributed by atoms with Gasteiger partial charge in [0.1, 0.15) is 5.82 Å². The van der Waals surface area contributed by atoms with Gasteiger partial charge in [0.15, 0.2) is 5.37 Å². The number of sulfone groups is 1. The van der Waals surface area contributed by atoms with Crippen LogP contribution in [0.2, 0.25) is 0 Å². The zero-order valence-electron chi connectivity index (χ0n) is 13.8. The molecule has 1 amide bonds. The van der Waals surface area contributed by atoms with E-state index in [1.54, 1.807) is 26.0 Å². The molecule has 0 spiro atoms. The second-order valence-corrected chi connectivity index (χ2v) is 7.99. The van der Waals surface area contributed by atoms with Gasteiger partial charge in [-0.15, -0.1) is 0 Å². The number of amides is 1. The van der Waals surface area contributed by atoms with Gasteiger partial charge >= 0.3 is 0 Å². The maximum Gasteiger partial charge on any atom is 0.223 e. The van der Waals surface area contributed by atoms with E-state index in [4.69, 9.17) is 0 Å². The predicted molar refractivity (Wildman–Crippen MR) is 90.5 cm³/mol. The van der Waals surface area contributed by atoms with E-state index in [1.807, 2.05) is 6.92 Å². The van der Waals surface area contributed by atoms with Gasteiger partial charge in [-0.25, -0.2) is 12.8 Å². The Kier molecular flexibility index (Phi) is 5.39. The van der Waals surface area contributed by atoms with Crippen LogP contribution in [0.3, 0.4) is 0 Å². The highest BCUT2D eigenvalue weighted by molar-refractivity contribution is 7.91. The summed E-state index contributed by atoms with van der Waals surface area (Å²) in [5.41, 5.74) is 1.24. The first-order valence-corrected chi connectivity index (χ1v) is 9.13. The average Bonchev–Trinajstić information content (AvgIpc) is 2.53. The molecule has 4 nitrogen and oxygen atoms in total. The standard InChI is InChI=1S/C18H20FNO3S/c1-12(2)17(21)20-18(14-6-8-15(19)9-7-14)24(22,23)16-10-4-13(3)5-11-16/h4-12,18H,1-3H3,(H,20,21). The van der Waals surface area contributed by atoms with Gasteiger partial charge in [0.05, 0.1) is 4.90 Å². The molecule has 0 aliphatic heterocycles. The molecule has 2 aromatic carbocycles. The number of hydrogen-bond donors (Lipinski definition) is 1. The predicted octanol–water partition coefficient (Wildman–Crippen LogP) is 3.38. The molecular formula is C18H20FNO3S. The lowest BCUT2D eigenvalue weighted by Gasteiger charge is -2.21. The smallest absolute Gasteiger partial charge is 0.223 e. The van der Waals surface area contributed by atoms with Crippen LogP contribution in [0.1, 0.15) is 30.3 Å². The molecule has 1 atom stereocenters. The second kappa shape index (κ2) is 7.13. The van der Waals surface area contributed by atoms with E-state index in [-0.39, 0.29) is 16.7 Å². The van der Waals surface area contributed by atoms with Crippen molar-refractivity contribution in [3.8, 4) is 0 Å². The van der Waals surface area contributed by atoms with Crippen molar-refractivity contribution in [3.05, 3.63) is 65.5 Å². The number of hydrogen-bond acceptors (Lipinski definition) is 3. The molecule has 0 aromatic heterocycles. The molecule has 1 N–H and O–H groups in total. The molecule has 24 heavy (non-hydrogen) atoms. The molecule has 0 heterocycles. The molecule has 0 saturated heterocycles. The van der Waals surface area contributed by atoms with Gasteiger partial charge in [0.2, 0.25) is 15.7 Å². The maximum atomic E-state index is 13.2. The van der Waals surface area contributed by atoms with Crippen LogP contribution in [-0.2, 0) is 14.6 Å². The lowest BCUT2D eigenvalue weighted by Crippen LogP contribution is -2.36. The summed E-state index contributed by atoms with van der Waals surface area (Å²) in [5.74, 6) is -1.23. The Bertz CT molecular complexity index is 812. The molecular weight excluding hydrogens is 329 g/mol. The van der Waals surface area contributed by atoms with Crippen molar-refractivity contribution in [2.75, 3.05) is 0 Å². The quantitative estimate of drug-likeness (QED) is 0.900. The minimum absolute atomic E-state index is 0.103. The molecule has 6 heteroatoms. The Morgan fingerprint density at radius 2 is 1.54 bits per heavy atom. The lowest BCUT2D eigenvalue weighted by atomic mass is 10.2. The Labute approximate surface area is 141 Å². The zero-order valence-corrected chi connectivity index (χ0v) is 14.6. The molecule has 128 valence electrons. The third kappa shape index (κ3) is 4.00. The van der Waals surface area contributed by atoms with Gasteiger partial charge < -0.3 is 5.32 Å². The molecule has 0 bridgehead atoms. The monoisotopic (exact) mass is 349 g/mol. The molecule has 2 aromatic rings. The number of nitrogens with one attached hydrogen (secondary N) is 1. The van der Waals surface area contributed by atoms with E-state index in [0.29, 0.717) is 5.56 Å². The number of carbonyl (C=O) groups is 1. The number of aryl methyl sites for hydroxylation is 1. The number of rotatable bonds is 5. The fraction of sp³-hybridized carbons (Fsp3) is 0.278. The van der Waals surface area contributed by atoms with E-state index in [0.717, 1.165) is 5.56 Å². The van der Waals surface area contributed by atoms with Crippen LogP contribution in [0.5, 0.6) is 0 Å². The van der Waals surface area contributed by atoms with Crippen LogP contribution < -0.4 is 5.32 Å². The summed E-state index contributed by atoms with van der Waals surface area (Å²) in [6, 6.07) is 11.5. The molecule has 1 unspecified atom stereocenters. The first-order valence-electron chi connectivity index (χ1n) is 7.58. The lowest BCUT2D eigenvalue weighted by molar-refractivity contribution is -0.124. The highest BCUT2D eigenvalue weighted by Crippen LogP contribution is 2.27. The summed E-state index contributed by atoms with van der Waals surface area (Å²) in [4.78, 5) is 12.2. The summed E-state index contributed by atoms with van der Waals surface area (Å²) in [7, 11) is -3.87. The zero-order chi connectivity index (χ0) is 17.9. The van der Waals surface area contributed by atoms with Gasteiger partial charge in [-0.3, -0.25) is 4.79 Å². The van der Waals surface area contributed by atoms with Crippen molar-refractivity contribution in [1.82, 2.24) is 5.32 Å². The van der Waals surface area contributed by atoms with Gasteiger partial charge in [0, 0.05) is 5.92 Å². The second-order valence-electron chi connectivity index (χ2n) is 5.95. The SMILES string of the molecule is Cc1ccc(S(=O)(=O)C(NC(=O)C(C)C)c2ccc(F)cc2)cc1. The van der Waals surface area contributed by atoms with E-state index in [1.165, 1.54) is 36.4 Å². The Hall–Kier alpha value is -2.21. The van der Waals surface area contributed by atoms with Gasteiger partial charge in [-0.1, -0.05) is 43.7 Å². The van der Waals surface area contributed by atoms with Crippen molar-refractivity contribution >= 4 is 15.7 Å². The molecule has 0 fully saturated rings. The number of carbonyl (C=O) groups excluding carboxylic acids is 1. The third-order valence-electron chi connectivity index (χ3n) is 3.63. The normalized spacial score (nSPS) is 12.9. The van der Waals surface area contributed by atoms with Crippen LogP contribution in [0.25, 0.3) is 0 Å². The van der Waals surface area contributed by atoms with Crippen molar-refractivity contribution in [1.29, 1.82) is 0 Å². The minimum Gasteiger partial charge on any atom is -0.335 e.